The van der Waals surface area contributed by atoms with Crippen molar-refractivity contribution in [2.45, 2.75) is 45.1 Å². The Morgan fingerprint density at radius 2 is 2.00 bits per heavy atom. The molecule has 1 aliphatic carbocycles. The molecule has 0 amide bonds. The highest BCUT2D eigenvalue weighted by Crippen LogP contribution is 2.34. The minimum Gasteiger partial charge on any atom is -0.330 e. The van der Waals surface area contributed by atoms with E-state index in [1.54, 1.807) is 0 Å². The maximum absolute atomic E-state index is 11.5. The molecule has 4 heteroatoms. The third kappa shape index (κ3) is 3.55. The lowest BCUT2D eigenvalue weighted by Crippen LogP contribution is -2.51. The smallest absolute Gasteiger partial charge is 0.0363 e. The molecular formula is C14H28N2OS. The molecule has 2 N–H and O–H groups in total. The van der Waals surface area contributed by atoms with Gasteiger partial charge in [0.2, 0.25) is 0 Å². The fraction of sp³-hybridized carbons (Fsp3) is 1.00. The molecule has 2 fully saturated rings. The standard InChI is InChI=1S/C14H28N2OS/c1-2-3-12-4-5-13(11-15)14(10-12)16-6-8-18(17)9-7-16/h12-14H,2-11,15H2,1H3. The van der Waals surface area contributed by atoms with Crippen molar-refractivity contribution in [3.63, 3.8) is 0 Å². The van der Waals surface area contributed by atoms with Crippen LogP contribution < -0.4 is 5.73 Å². The van der Waals surface area contributed by atoms with E-state index in [9.17, 15) is 4.21 Å². The Labute approximate surface area is 114 Å². The molecule has 3 nitrogen and oxygen atoms in total. The van der Waals surface area contributed by atoms with Gasteiger partial charge in [-0.05, 0) is 31.2 Å². The lowest BCUT2D eigenvalue weighted by atomic mass is 9.76. The Balaban J connectivity index is 1.95. The molecule has 1 heterocycles. The minimum atomic E-state index is -0.564. The van der Waals surface area contributed by atoms with Crippen molar-refractivity contribution in [1.82, 2.24) is 4.90 Å². The molecule has 1 saturated carbocycles. The van der Waals surface area contributed by atoms with Crippen molar-refractivity contribution >= 4 is 10.8 Å². The van der Waals surface area contributed by atoms with Gasteiger partial charge < -0.3 is 5.73 Å². The summed E-state index contributed by atoms with van der Waals surface area (Å²) in [4.78, 5) is 2.58. The van der Waals surface area contributed by atoms with E-state index in [-0.39, 0.29) is 0 Å². The SMILES string of the molecule is CCCC1CCC(CN)C(N2CCS(=O)CC2)C1. The quantitative estimate of drug-likeness (QED) is 0.845. The monoisotopic (exact) mass is 272 g/mol. The first-order valence-electron chi connectivity index (χ1n) is 7.53. The lowest BCUT2D eigenvalue weighted by molar-refractivity contribution is 0.0866. The molecule has 0 bridgehead atoms. The second-order valence-electron chi connectivity index (χ2n) is 5.91. The lowest BCUT2D eigenvalue weighted by Gasteiger charge is -2.44. The molecule has 2 aliphatic rings. The molecule has 3 unspecified atom stereocenters. The van der Waals surface area contributed by atoms with Crippen molar-refractivity contribution in [3.8, 4) is 0 Å². The second-order valence-corrected chi connectivity index (χ2v) is 7.61. The highest BCUT2D eigenvalue weighted by atomic mass is 32.2. The summed E-state index contributed by atoms with van der Waals surface area (Å²) in [5.74, 6) is 3.30. The average molecular weight is 272 g/mol. The molecule has 3 atom stereocenters. The van der Waals surface area contributed by atoms with Gasteiger partial charge in [0.25, 0.3) is 0 Å². The summed E-state index contributed by atoms with van der Waals surface area (Å²) in [5, 5.41) is 0. The van der Waals surface area contributed by atoms with E-state index in [2.05, 4.69) is 11.8 Å². The van der Waals surface area contributed by atoms with Crippen LogP contribution in [-0.4, -0.2) is 46.3 Å². The zero-order valence-electron chi connectivity index (χ0n) is 11.6. The predicted octanol–water partition coefficient (Wildman–Crippen LogP) is 1.59. The number of nitrogens with two attached hydrogens (primary N) is 1. The van der Waals surface area contributed by atoms with Crippen molar-refractivity contribution in [1.29, 1.82) is 0 Å². The summed E-state index contributed by atoms with van der Waals surface area (Å²) in [7, 11) is -0.564. The summed E-state index contributed by atoms with van der Waals surface area (Å²) in [6, 6.07) is 0.664. The molecule has 1 saturated heterocycles. The molecule has 1 aliphatic heterocycles. The Morgan fingerprint density at radius 3 is 2.61 bits per heavy atom. The van der Waals surface area contributed by atoms with Crippen LogP contribution in [0.3, 0.4) is 0 Å². The van der Waals surface area contributed by atoms with Gasteiger partial charge in [-0.1, -0.05) is 26.2 Å². The molecule has 18 heavy (non-hydrogen) atoms. The van der Waals surface area contributed by atoms with Gasteiger partial charge in [0.15, 0.2) is 0 Å². The molecular weight excluding hydrogens is 244 g/mol. The van der Waals surface area contributed by atoms with Crippen LogP contribution in [0.5, 0.6) is 0 Å². The van der Waals surface area contributed by atoms with E-state index >= 15 is 0 Å². The summed E-state index contributed by atoms with van der Waals surface area (Å²) in [5.41, 5.74) is 5.96. The number of nitrogens with zero attached hydrogens (tertiary/aromatic N) is 1. The van der Waals surface area contributed by atoms with Crippen LogP contribution in [0.15, 0.2) is 0 Å². The molecule has 0 radical (unpaired) electrons. The third-order valence-electron chi connectivity index (χ3n) is 4.75. The van der Waals surface area contributed by atoms with Gasteiger partial charge >= 0.3 is 0 Å². The van der Waals surface area contributed by atoms with Gasteiger partial charge in [0, 0.05) is 41.4 Å². The highest BCUT2D eigenvalue weighted by Gasteiger charge is 2.34. The largest absolute Gasteiger partial charge is 0.330 e. The minimum absolute atomic E-state index is 0.564. The summed E-state index contributed by atoms with van der Waals surface area (Å²) < 4.78 is 11.5. The van der Waals surface area contributed by atoms with Crippen molar-refractivity contribution in [2.24, 2.45) is 17.6 Å². The summed E-state index contributed by atoms with van der Waals surface area (Å²) in [6.45, 7) is 5.15. The first-order valence-corrected chi connectivity index (χ1v) is 9.02. The molecule has 2 rings (SSSR count). The maximum Gasteiger partial charge on any atom is 0.0363 e. The van der Waals surface area contributed by atoms with E-state index in [0.717, 1.165) is 37.1 Å². The first-order chi connectivity index (χ1) is 8.74. The van der Waals surface area contributed by atoms with Crippen LogP contribution in [0.2, 0.25) is 0 Å². The topological polar surface area (TPSA) is 46.3 Å². The Morgan fingerprint density at radius 1 is 1.28 bits per heavy atom. The number of hydrogen-bond donors (Lipinski definition) is 1. The van der Waals surface area contributed by atoms with Crippen LogP contribution >= 0.6 is 0 Å². The van der Waals surface area contributed by atoms with Crippen molar-refractivity contribution in [2.75, 3.05) is 31.1 Å². The van der Waals surface area contributed by atoms with Crippen LogP contribution in [-0.2, 0) is 10.8 Å². The second kappa shape index (κ2) is 7.01. The Hall–Kier alpha value is 0.0700. The van der Waals surface area contributed by atoms with Crippen LogP contribution in [0.25, 0.3) is 0 Å². The van der Waals surface area contributed by atoms with E-state index in [1.807, 2.05) is 0 Å². The molecule has 106 valence electrons. The number of hydrogen-bond acceptors (Lipinski definition) is 3. The Bertz CT molecular complexity index is 275. The fourth-order valence-corrected chi connectivity index (χ4v) is 4.75. The summed E-state index contributed by atoms with van der Waals surface area (Å²) >= 11 is 0. The van der Waals surface area contributed by atoms with Crippen molar-refractivity contribution in [3.05, 3.63) is 0 Å². The first kappa shape index (κ1) is 14.5. The van der Waals surface area contributed by atoms with Gasteiger partial charge in [0.1, 0.15) is 0 Å². The Kier molecular flexibility index (Phi) is 5.64. The van der Waals surface area contributed by atoms with E-state index in [1.165, 1.54) is 32.1 Å². The van der Waals surface area contributed by atoms with E-state index in [0.29, 0.717) is 12.0 Å². The van der Waals surface area contributed by atoms with Crippen LogP contribution in [0.1, 0.15) is 39.0 Å². The molecule has 0 aromatic rings. The van der Waals surface area contributed by atoms with Crippen molar-refractivity contribution < 1.29 is 4.21 Å². The van der Waals surface area contributed by atoms with Crippen LogP contribution in [0, 0.1) is 11.8 Å². The predicted molar refractivity (Wildman–Crippen MR) is 78.0 cm³/mol. The van der Waals surface area contributed by atoms with Gasteiger partial charge in [-0.15, -0.1) is 0 Å². The van der Waals surface area contributed by atoms with Gasteiger partial charge in [0.05, 0.1) is 0 Å². The highest BCUT2D eigenvalue weighted by molar-refractivity contribution is 7.85. The third-order valence-corrected chi connectivity index (χ3v) is 6.02. The average Bonchev–Trinajstić information content (AvgIpc) is 2.40. The van der Waals surface area contributed by atoms with Gasteiger partial charge in [-0.2, -0.15) is 0 Å². The van der Waals surface area contributed by atoms with E-state index < -0.39 is 10.8 Å². The maximum atomic E-state index is 11.5. The summed E-state index contributed by atoms with van der Waals surface area (Å²) in [6.07, 6.45) is 6.65. The fourth-order valence-electron chi connectivity index (χ4n) is 3.67. The normalized spacial score (nSPS) is 35.8. The number of rotatable bonds is 4. The van der Waals surface area contributed by atoms with E-state index in [4.69, 9.17) is 5.73 Å². The molecule has 0 aromatic heterocycles. The van der Waals surface area contributed by atoms with Gasteiger partial charge in [-0.3, -0.25) is 9.11 Å². The molecule has 0 aromatic carbocycles. The van der Waals surface area contributed by atoms with Gasteiger partial charge in [-0.25, -0.2) is 0 Å². The van der Waals surface area contributed by atoms with Crippen LogP contribution in [0.4, 0.5) is 0 Å². The molecule has 0 spiro atoms. The zero-order valence-corrected chi connectivity index (χ0v) is 12.5. The zero-order chi connectivity index (χ0) is 13.0.